The first kappa shape index (κ1) is 15.6. The van der Waals surface area contributed by atoms with E-state index in [-0.39, 0.29) is 5.82 Å². The van der Waals surface area contributed by atoms with Crippen LogP contribution < -0.4 is 4.80 Å². The number of halogens is 2. The molecule has 3 rings (SSSR count). The van der Waals surface area contributed by atoms with Crippen molar-refractivity contribution in [3.63, 3.8) is 0 Å². The van der Waals surface area contributed by atoms with E-state index in [0.29, 0.717) is 21.9 Å². The first-order valence-electron chi connectivity index (χ1n) is 6.83. The number of rotatable bonds is 3. The maximum absolute atomic E-state index is 13.4. The first-order valence-corrected chi connectivity index (χ1v) is 8.02. The molecule has 3 nitrogen and oxygen atoms in total. The molecule has 0 bridgehead atoms. The van der Waals surface area contributed by atoms with Crippen LogP contribution in [0.3, 0.4) is 0 Å². The van der Waals surface area contributed by atoms with Gasteiger partial charge in [-0.15, -0.1) is 6.58 Å². The van der Waals surface area contributed by atoms with Gasteiger partial charge >= 0.3 is 0 Å². The number of nitrogens with zero attached hydrogens (tertiary/aromatic N) is 2. The lowest BCUT2D eigenvalue weighted by Gasteiger charge is -2.01. The van der Waals surface area contributed by atoms with Crippen molar-refractivity contribution >= 4 is 39.1 Å². The topological polar surface area (TPSA) is 34.4 Å². The molecule has 2 aromatic carbocycles. The van der Waals surface area contributed by atoms with Gasteiger partial charge < -0.3 is 4.57 Å². The molecule has 0 N–H and O–H groups in total. The largest absolute Gasteiger partial charge is 0.312 e. The SMILES string of the molecule is C=CCn1c(=NC(=O)c2cccc(Cl)c2)sc2cc(F)ccc21. The van der Waals surface area contributed by atoms with Crippen molar-refractivity contribution in [3.8, 4) is 0 Å². The van der Waals surface area contributed by atoms with Crippen molar-refractivity contribution in [1.82, 2.24) is 4.57 Å². The maximum atomic E-state index is 13.4. The zero-order valence-electron chi connectivity index (χ0n) is 12.0. The highest BCUT2D eigenvalue weighted by Crippen LogP contribution is 2.19. The molecule has 0 fully saturated rings. The summed E-state index contributed by atoms with van der Waals surface area (Å²) in [6.07, 6.45) is 1.71. The molecule has 0 atom stereocenters. The molecule has 0 aliphatic rings. The van der Waals surface area contributed by atoms with Crippen molar-refractivity contribution in [1.29, 1.82) is 0 Å². The molecule has 6 heteroatoms. The predicted molar refractivity (Wildman–Crippen MR) is 91.3 cm³/mol. The molecular weight excluding hydrogens is 335 g/mol. The number of hydrogen-bond acceptors (Lipinski definition) is 2. The minimum atomic E-state index is -0.391. The summed E-state index contributed by atoms with van der Waals surface area (Å²) in [6.45, 7) is 4.20. The van der Waals surface area contributed by atoms with E-state index in [1.165, 1.54) is 23.5 Å². The number of carbonyl (C=O) groups is 1. The van der Waals surface area contributed by atoms with Gasteiger partial charge in [-0.05, 0) is 36.4 Å². The molecule has 1 heterocycles. The lowest BCUT2D eigenvalue weighted by Crippen LogP contribution is -2.16. The fraction of sp³-hybridized carbons (Fsp3) is 0.0588. The van der Waals surface area contributed by atoms with Crippen LogP contribution in [0.1, 0.15) is 10.4 Å². The Morgan fingerprint density at radius 3 is 2.91 bits per heavy atom. The van der Waals surface area contributed by atoms with Crippen molar-refractivity contribution in [2.45, 2.75) is 6.54 Å². The Hall–Kier alpha value is -2.24. The van der Waals surface area contributed by atoms with Gasteiger partial charge in [0.2, 0.25) is 0 Å². The third kappa shape index (κ3) is 3.25. The number of aromatic nitrogens is 1. The van der Waals surface area contributed by atoms with Crippen LogP contribution >= 0.6 is 22.9 Å². The Balaban J connectivity index is 2.16. The normalized spacial score (nSPS) is 11.8. The summed E-state index contributed by atoms with van der Waals surface area (Å²) < 4.78 is 16.0. The van der Waals surface area contributed by atoms with Crippen LogP contribution in [-0.2, 0) is 6.54 Å². The predicted octanol–water partition coefficient (Wildman–Crippen LogP) is 4.42. The van der Waals surface area contributed by atoms with Gasteiger partial charge in [0.15, 0.2) is 4.80 Å². The summed E-state index contributed by atoms with van der Waals surface area (Å²) >= 11 is 7.16. The highest BCUT2D eigenvalue weighted by molar-refractivity contribution is 7.16. The number of thiazole rings is 1. The maximum Gasteiger partial charge on any atom is 0.279 e. The molecule has 0 unspecified atom stereocenters. The summed E-state index contributed by atoms with van der Waals surface area (Å²) in [5.41, 5.74) is 1.22. The lowest BCUT2D eigenvalue weighted by molar-refractivity contribution is 0.0998. The van der Waals surface area contributed by atoms with Gasteiger partial charge in [0.05, 0.1) is 10.2 Å². The van der Waals surface area contributed by atoms with Gasteiger partial charge in [0.25, 0.3) is 5.91 Å². The van der Waals surface area contributed by atoms with Crippen molar-refractivity contribution < 1.29 is 9.18 Å². The van der Waals surface area contributed by atoms with Crippen molar-refractivity contribution in [2.24, 2.45) is 4.99 Å². The Morgan fingerprint density at radius 2 is 2.17 bits per heavy atom. The Morgan fingerprint density at radius 1 is 1.35 bits per heavy atom. The number of benzene rings is 2. The Kier molecular flexibility index (Phi) is 4.41. The van der Waals surface area contributed by atoms with E-state index in [1.54, 1.807) is 36.4 Å². The van der Waals surface area contributed by atoms with E-state index in [0.717, 1.165) is 10.2 Å². The molecule has 1 amide bonds. The minimum absolute atomic E-state index is 0.322. The van der Waals surface area contributed by atoms with Gasteiger partial charge in [-0.3, -0.25) is 4.79 Å². The standard InChI is InChI=1S/C17H12ClFN2OS/c1-2-8-21-14-7-6-13(19)10-15(14)23-17(21)20-16(22)11-4-3-5-12(18)9-11/h2-7,9-10H,1,8H2. The summed E-state index contributed by atoms with van der Waals surface area (Å²) in [5.74, 6) is -0.713. The fourth-order valence-electron chi connectivity index (χ4n) is 2.21. The van der Waals surface area contributed by atoms with E-state index in [9.17, 15) is 9.18 Å². The second-order valence-corrected chi connectivity index (χ2v) is 6.27. The van der Waals surface area contributed by atoms with Gasteiger partial charge in [0.1, 0.15) is 5.82 Å². The van der Waals surface area contributed by atoms with Crippen LogP contribution in [0, 0.1) is 5.82 Å². The van der Waals surface area contributed by atoms with E-state index in [4.69, 9.17) is 11.6 Å². The van der Waals surface area contributed by atoms with Crippen LogP contribution in [0.4, 0.5) is 4.39 Å². The van der Waals surface area contributed by atoms with Crippen LogP contribution in [0.5, 0.6) is 0 Å². The van der Waals surface area contributed by atoms with Crippen LogP contribution in [0.25, 0.3) is 10.2 Å². The number of carbonyl (C=O) groups excluding carboxylic acids is 1. The second-order valence-electron chi connectivity index (χ2n) is 4.82. The van der Waals surface area contributed by atoms with Crippen LogP contribution in [0.2, 0.25) is 5.02 Å². The third-order valence-electron chi connectivity index (χ3n) is 3.23. The van der Waals surface area contributed by atoms with Crippen molar-refractivity contribution in [2.75, 3.05) is 0 Å². The summed E-state index contributed by atoms with van der Waals surface area (Å²) in [4.78, 5) is 17.0. The van der Waals surface area contributed by atoms with E-state index < -0.39 is 5.91 Å². The quantitative estimate of drug-likeness (QED) is 0.646. The van der Waals surface area contributed by atoms with Crippen LogP contribution in [0.15, 0.2) is 60.1 Å². The molecule has 0 aliphatic carbocycles. The summed E-state index contributed by atoms with van der Waals surface area (Å²) in [5, 5.41) is 0.475. The summed E-state index contributed by atoms with van der Waals surface area (Å²) in [7, 11) is 0. The summed E-state index contributed by atoms with van der Waals surface area (Å²) in [6, 6.07) is 11.1. The number of hydrogen-bond donors (Lipinski definition) is 0. The zero-order valence-corrected chi connectivity index (χ0v) is 13.6. The number of allylic oxidation sites excluding steroid dienone is 1. The van der Waals surface area contributed by atoms with Gasteiger partial charge in [-0.2, -0.15) is 4.99 Å². The highest BCUT2D eigenvalue weighted by atomic mass is 35.5. The second kappa shape index (κ2) is 6.48. The first-order chi connectivity index (χ1) is 11.1. The monoisotopic (exact) mass is 346 g/mol. The lowest BCUT2D eigenvalue weighted by atomic mass is 10.2. The molecular formula is C17H12ClFN2OS. The van der Waals surface area contributed by atoms with E-state index in [2.05, 4.69) is 11.6 Å². The minimum Gasteiger partial charge on any atom is -0.312 e. The van der Waals surface area contributed by atoms with Crippen molar-refractivity contribution in [3.05, 3.63) is 76.3 Å². The third-order valence-corrected chi connectivity index (χ3v) is 4.50. The van der Waals surface area contributed by atoms with E-state index in [1.807, 2.05) is 4.57 Å². The van der Waals surface area contributed by atoms with E-state index >= 15 is 0 Å². The molecule has 3 aromatic rings. The zero-order chi connectivity index (χ0) is 16.4. The average molecular weight is 347 g/mol. The van der Waals surface area contributed by atoms with Gasteiger partial charge in [-0.1, -0.05) is 35.1 Å². The Bertz CT molecular complexity index is 974. The van der Waals surface area contributed by atoms with Gasteiger partial charge in [-0.25, -0.2) is 4.39 Å². The fourth-order valence-corrected chi connectivity index (χ4v) is 3.46. The molecule has 23 heavy (non-hydrogen) atoms. The molecule has 0 spiro atoms. The molecule has 0 radical (unpaired) electrons. The molecule has 0 aliphatic heterocycles. The van der Waals surface area contributed by atoms with Gasteiger partial charge in [0, 0.05) is 17.1 Å². The highest BCUT2D eigenvalue weighted by Gasteiger charge is 2.09. The smallest absolute Gasteiger partial charge is 0.279 e. The average Bonchev–Trinajstić information content (AvgIpc) is 2.84. The molecule has 1 aromatic heterocycles. The number of fused-ring (bicyclic) bond motifs is 1. The molecule has 116 valence electrons. The Labute approximate surface area is 141 Å². The number of amides is 1. The van der Waals surface area contributed by atoms with Crippen LogP contribution in [-0.4, -0.2) is 10.5 Å². The molecule has 0 saturated heterocycles. The molecule has 0 saturated carbocycles.